The number of rotatable bonds is 6. The van der Waals surface area contributed by atoms with E-state index in [0.29, 0.717) is 16.9 Å². The summed E-state index contributed by atoms with van der Waals surface area (Å²) < 4.78 is 12.7. The fraction of sp³-hybridized carbons (Fsp3) is 0.806. The molecule has 8 aliphatic carbocycles. The van der Waals surface area contributed by atoms with Crippen LogP contribution in [0.3, 0.4) is 0 Å². The molecular formula is C31H42O2. The van der Waals surface area contributed by atoms with Crippen LogP contribution in [0, 0.1) is 35.5 Å². The molecule has 0 aromatic heterocycles. The second-order valence-corrected chi connectivity index (χ2v) is 14.0. The van der Waals surface area contributed by atoms with Crippen molar-refractivity contribution < 1.29 is 9.47 Å². The van der Waals surface area contributed by atoms with E-state index in [1.54, 1.807) is 11.1 Å². The topological polar surface area (TPSA) is 21.8 Å². The molecule has 0 spiro atoms. The highest BCUT2D eigenvalue weighted by atomic mass is 16.6. The smallest absolute Gasteiger partial charge is 0.127 e. The van der Waals surface area contributed by atoms with Gasteiger partial charge in [-0.1, -0.05) is 19.1 Å². The van der Waals surface area contributed by atoms with E-state index in [4.69, 9.17) is 9.47 Å². The Balaban J connectivity index is 1.20. The molecular weight excluding hydrogens is 404 g/mol. The van der Waals surface area contributed by atoms with Crippen LogP contribution in [0.1, 0.15) is 102 Å². The van der Waals surface area contributed by atoms with E-state index in [1.165, 1.54) is 82.8 Å². The molecule has 2 unspecified atom stereocenters. The normalized spacial score (nSPS) is 49.4. The van der Waals surface area contributed by atoms with E-state index in [0.717, 1.165) is 48.5 Å². The van der Waals surface area contributed by atoms with Crippen molar-refractivity contribution in [2.45, 2.75) is 113 Å². The van der Waals surface area contributed by atoms with Gasteiger partial charge in [0.05, 0.1) is 6.61 Å². The molecule has 0 amide bonds. The predicted molar refractivity (Wildman–Crippen MR) is 131 cm³/mol. The molecule has 8 saturated carbocycles. The van der Waals surface area contributed by atoms with Crippen LogP contribution in [-0.2, 0) is 15.6 Å². The van der Waals surface area contributed by atoms with E-state index in [-0.39, 0.29) is 6.10 Å². The van der Waals surface area contributed by atoms with Crippen molar-refractivity contribution in [1.29, 1.82) is 0 Å². The average Bonchev–Trinajstić information content (AvgIpc) is 3.61. The number of hydrogen-bond acceptors (Lipinski definition) is 2. The standard InChI is InChI=1S/C31H42O2/c1-2-27(29-18-32-29)33-28-11-25(30-12-19-5-20(13-30)7-21(6-19)14-30)3-4-26(28)31-15-22-8-23(16-31)10-24(9-22)17-31/h3-4,11,19-24,27,29H,2,5-10,12-18H2,1H3. The summed E-state index contributed by atoms with van der Waals surface area (Å²) in [4.78, 5) is 0. The predicted octanol–water partition coefficient (Wildman–Crippen LogP) is 7.18. The van der Waals surface area contributed by atoms with Crippen molar-refractivity contribution in [3.05, 3.63) is 29.3 Å². The van der Waals surface area contributed by atoms with Crippen molar-refractivity contribution in [3.63, 3.8) is 0 Å². The van der Waals surface area contributed by atoms with Gasteiger partial charge in [0.1, 0.15) is 18.0 Å². The summed E-state index contributed by atoms with van der Waals surface area (Å²) in [5, 5.41) is 0. The third kappa shape index (κ3) is 3.14. The molecule has 2 heteroatoms. The lowest BCUT2D eigenvalue weighted by molar-refractivity contribution is -0.00867. The molecule has 0 radical (unpaired) electrons. The summed E-state index contributed by atoms with van der Waals surface area (Å²) in [5.41, 5.74) is 4.07. The minimum absolute atomic E-state index is 0.226. The van der Waals surface area contributed by atoms with E-state index in [9.17, 15) is 0 Å². The van der Waals surface area contributed by atoms with E-state index >= 15 is 0 Å². The van der Waals surface area contributed by atoms with Gasteiger partial charge < -0.3 is 9.47 Å². The van der Waals surface area contributed by atoms with Gasteiger partial charge in [-0.05, 0) is 141 Å². The molecule has 0 N–H and O–H groups in total. The monoisotopic (exact) mass is 446 g/mol. The van der Waals surface area contributed by atoms with Gasteiger partial charge in [0.25, 0.3) is 0 Å². The summed E-state index contributed by atoms with van der Waals surface area (Å²) in [5.74, 6) is 7.17. The van der Waals surface area contributed by atoms with Crippen LogP contribution in [0.15, 0.2) is 18.2 Å². The van der Waals surface area contributed by atoms with Crippen molar-refractivity contribution >= 4 is 0 Å². The number of benzene rings is 1. The summed E-state index contributed by atoms with van der Waals surface area (Å²) in [6.45, 7) is 3.17. The first-order valence-electron chi connectivity index (χ1n) is 14.5. The molecule has 1 aliphatic heterocycles. The van der Waals surface area contributed by atoms with Gasteiger partial charge in [0, 0.05) is 5.56 Å². The lowest BCUT2D eigenvalue weighted by Crippen LogP contribution is -2.49. The summed E-state index contributed by atoms with van der Waals surface area (Å²) in [6, 6.07) is 7.78. The highest BCUT2D eigenvalue weighted by Crippen LogP contribution is 2.64. The molecule has 1 saturated heterocycles. The molecule has 1 aromatic carbocycles. The van der Waals surface area contributed by atoms with Crippen LogP contribution in [0.2, 0.25) is 0 Å². The van der Waals surface area contributed by atoms with E-state index in [2.05, 4.69) is 25.1 Å². The third-order valence-corrected chi connectivity index (χ3v) is 11.7. The van der Waals surface area contributed by atoms with Crippen molar-refractivity contribution in [2.24, 2.45) is 35.5 Å². The molecule has 9 aliphatic rings. The van der Waals surface area contributed by atoms with Crippen LogP contribution < -0.4 is 4.74 Å². The maximum absolute atomic E-state index is 6.99. The molecule has 8 bridgehead atoms. The first-order valence-corrected chi connectivity index (χ1v) is 14.5. The van der Waals surface area contributed by atoms with Gasteiger partial charge in [-0.25, -0.2) is 0 Å². The van der Waals surface area contributed by atoms with Crippen molar-refractivity contribution in [1.82, 2.24) is 0 Å². The first-order chi connectivity index (χ1) is 16.1. The number of epoxide rings is 1. The van der Waals surface area contributed by atoms with Crippen molar-refractivity contribution in [2.75, 3.05) is 6.61 Å². The molecule has 1 aromatic rings. The maximum atomic E-state index is 6.99. The number of hydrogen-bond donors (Lipinski definition) is 0. The zero-order valence-electron chi connectivity index (χ0n) is 20.6. The zero-order valence-corrected chi connectivity index (χ0v) is 20.6. The molecule has 2 nitrogen and oxygen atoms in total. The Morgan fingerprint density at radius 1 is 0.788 bits per heavy atom. The van der Waals surface area contributed by atoms with Gasteiger partial charge in [-0.2, -0.15) is 0 Å². The molecule has 1 heterocycles. The molecule has 178 valence electrons. The zero-order chi connectivity index (χ0) is 21.8. The van der Waals surface area contributed by atoms with Gasteiger partial charge in [0.2, 0.25) is 0 Å². The SMILES string of the molecule is CCC(Oc1cc(C23CC4CC(CC(C4)C2)C3)ccc1C12CC3CC(CC(C3)C1)C2)C1CO1. The summed E-state index contributed by atoms with van der Waals surface area (Å²) >= 11 is 0. The summed E-state index contributed by atoms with van der Waals surface area (Å²) in [7, 11) is 0. The van der Waals surface area contributed by atoms with Crippen LogP contribution in [0.5, 0.6) is 5.75 Å². The average molecular weight is 447 g/mol. The lowest BCUT2D eigenvalue weighted by Gasteiger charge is -2.58. The quantitative estimate of drug-likeness (QED) is 0.432. The third-order valence-electron chi connectivity index (χ3n) is 11.7. The second kappa shape index (κ2) is 7.02. The summed E-state index contributed by atoms with van der Waals surface area (Å²) in [6.07, 6.45) is 19.3. The maximum Gasteiger partial charge on any atom is 0.127 e. The van der Waals surface area contributed by atoms with Crippen LogP contribution in [-0.4, -0.2) is 18.8 Å². The molecule has 10 rings (SSSR count). The minimum Gasteiger partial charge on any atom is -0.487 e. The first kappa shape index (κ1) is 20.2. The Morgan fingerprint density at radius 3 is 1.73 bits per heavy atom. The Labute approximate surface area is 200 Å². The van der Waals surface area contributed by atoms with E-state index in [1.807, 2.05) is 0 Å². The van der Waals surface area contributed by atoms with Crippen LogP contribution in [0.25, 0.3) is 0 Å². The van der Waals surface area contributed by atoms with Crippen molar-refractivity contribution in [3.8, 4) is 5.75 Å². The molecule has 33 heavy (non-hydrogen) atoms. The Hall–Kier alpha value is -1.02. The van der Waals surface area contributed by atoms with E-state index < -0.39 is 0 Å². The Kier molecular flexibility index (Phi) is 4.30. The van der Waals surface area contributed by atoms with Gasteiger partial charge in [-0.15, -0.1) is 0 Å². The second-order valence-electron chi connectivity index (χ2n) is 14.0. The lowest BCUT2D eigenvalue weighted by atomic mass is 9.47. The highest BCUT2D eigenvalue weighted by Gasteiger charge is 2.54. The fourth-order valence-electron chi connectivity index (χ4n) is 11.1. The Bertz CT molecular complexity index is 872. The highest BCUT2D eigenvalue weighted by molar-refractivity contribution is 5.47. The fourth-order valence-corrected chi connectivity index (χ4v) is 11.1. The van der Waals surface area contributed by atoms with Gasteiger partial charge in [0.15, 0.2) is 0 Å². The van der Waals surface area contributed by atoms with Gasteiger partial charge in [-0.3, -0.25) is 0 Å². The largest absolute Gasteiger partial charge is 0.487 e. The van der Waals surface area contributed by atoms with Crippen LogP contribution in [0.4, 0.5) is 0 Å². The van der Waals surface area contributed by atoms with Crippen LogP contribution >= 0.6 is 0 Å². The molecule has 2 atom stereocenters. The Morgan fingerprint density at radius 2 is 1.27 bits per heavy atom. The molecule has 9 fully saturated rings. The minimum atomic E-state index is 0.226. The van der Waals surface area contributed by atoms with Gasteiger partial charge >= 0.3 is 0 Å². The number of ether oxygens (including phenoxy) is 2.